The molecule has 1 atom stereocenters. The van der Waals surface area contributed by atoms with Crippen LogP contribution in [0.15, 0.2) is 0 Å². The van der Waals surface area contributed by atoms with E-state index in [4.69, 9.17) is 23.7 Å². The molecule has 0 unspecified atom stereocenters. The Morgan fingerprint density at radius 3 is 1.50 bits per heavy atom. The maximum atomic E-state index is 12.5. The molecule has 1 saturated heterocycles. The second-order valence-electron chi connectivity index (χ2n) is 14.3. The van der Waals surface area contributed by atoms with Crippen LogP contribution in [0.3, 0.4) is 0 Å². The van der Waals surface area contributed by atoms with Crippen LogP contribution in [0, 0.1) is 0 Å². The lowest BCUT2D eigenvalue weighted by Crippen LogP contribution is -2.42. The molecule has 60 heavy (non-hydrogen) atoms. The minimum atomic E-state index is -0.910. The first-order chi connectivity index (χ1) is 29.1. The van der Waals surface area contributed by atoms with Crippen LogP contribution < -0.4 is 16.0 Å². The average molecular weight is 859 g/mol. The van der Waals surface area contributed by atoms with Crippen LogP contribution in [-0.4, -0.2) is 139 Å². The molecule has 0 aromatic rings. The Morgan fingerprint density at radius 2 is 0.983 bits per heavy atom. The minimum absolute atomic E-state index is 0.00552. The summed E-state index contributed by atoms with van der Waals surface area (Å²) < 4.78 is 30.5. The smallest absolute Gasteiger partial charge is 0.358 e. The van der Waals surface area contributed by atoms with Gasteiger partial charge in [-0.2, -0.15) is 0 Å². The number of nitrogens with zero attached hydrogens (tertiary/aromatic N) is 1. The number of hydrogen-bond donors (Lipinski definition) is 3. The zero-order valence-electron chi connectivity index (χ0n) is 35.9. The number of hydroxylamine groups is 2. The highest BCUT2D eigenvalue weighted by molar-refractivity contribution is 6.01. The summed E-state index contributed by atoms with van der Waals surface area (Å²) in [6, 6.07) is -0.910. The number of imide groups is 1. The van der Waals surface area contributed by atoms with Crippen molar-refractivity contribution in [2.24, 2.45) is 0 Å². The third kappa shape index (κ3) is 29.9. The van der Waals surface area contributed by atoms with Crippen LogP contribution in [0.2, 0.25) is 0 Å². The van der Waals surface area contributed by atoms with Gasteiger partial charge < -0.3 is 49.2 Å². The van der Waals surface area contributed by atoms with Gasteiger partial charge in [-0.15, -0.1) is 5.06 Å². The van der Waals surface area contributed by atoms with Gasteiger partial charge in [-0.25, -0.2) is 9.59 Å². The van der Waals surface area contributed by atoms with Crippen molar-refractivity contribution in [1.82, 2.24) is 21.0 Å². The standard InChI is InChI=1S/C41H70N4O15/c1-54-39(51)18-16-14-12-10-8-6-4-3-5-7-9-11-13-15-17-35(47)44-33(41(53)55-2)19-20-34(46)42-23-25-56-27-29-58-31-36(48)43-24-26-57-28-30-59-32-40(52)60-45-37(49)21-22-38(45)50/h33H,3-32H2,1-2H3,(H,42,46)(H,43,48)(H,44,47)/t33-/m0/s1. The van der Waals surface area contributed by atoms with E-state index in [0.717, 1.165) is 38.5 Å². The van der Waals surface area contributed by atoms with E-state index < -0.39 is 36.4 Å². The molecular formula is C41H70N4O15. The number of hydrogen-bond acceptors (Lipinski definition) is 15. The molecule has 1 aliphatic rings. The van der Waals surface area contributed by atoms with Gasteiger partial charge in [-0.3, -0.25) is 28.8 Å². The number of unbranched alkanes of at least 4 members (excludes halogenated alkanes) is 13. The van der Waals surface area contributed by atoms with Gasteiger partial charge >= 0.3 is 17.9 Å². The molecule has 1 heterocycles. The Hall–Kier alpha value is -4.20. The van der Waals surface area contributed by atoms with E-state index in [-0.39, 0.29) is 109 Å². The summed E-state index contributed by atoms with van der Waals surface area (Å²) in [4.78, 5) is 99.2. The highest BCUT2D eigenvalue weighted by Crippen LogP contribution is 2.15. The SMILES string of the molecule is COC(=O)CCCCCCCCCCCCCCCCC(=O)N[C@@H](CCC(=O)NCCOCCOCC(=O)NCCOCCOCC(=O)ON1C(=O)CCC1=O)C(=O)OC. The van der Waals surface area contributed by atoms with E-state index in [1.165, 1.54) is 65.6 Å². The van der Waals surface area contributed by atoms with Gasteiger partial charge in [0.1, 0.15) is 19.3 Å². The van der Waals surface area contributed by atoms with Gasteiger partial charge in [0.05, 0.1) is 53.9 Å². The molecule has 1 aliphatic heterocycles. The molecule has 0 aliphatic carbocycles. The van der Waals surface area contributed by atoms with Crippen molar-refractivity contribution in [3.8, 4) is 0 Å². The quantitative estimate of drug-likeness (QED) is 0.0458. The van der Waals surface area contributed by atoms with Crippen molar-refractivity contribution in [3.05, 3.63) is 0 Å². The molecule has 5 amide bonds. The molecule has 0 bridgehead atoms. The van der Waals surface area contributed by atoms with Crippen molar-refractivity contribution in [1.29, 1.82) is 0 Å². The molecule has 0 spiro atoms. The third-order valence-electron chi connectivity index (χ3n) is 9.28. The Bertz CT molecular complexity index is 1250. The molecule has 0 aromatic carbocycles. The first-order valence-corrected chi connectivity index (χ1v) is 21.4. The molecule has 0 saturated carbocycles. The zero-order chi connectivity index (χ0) is 44.1. The maximum Gasteiger partial charge on any atom is 0.358 e. The number of amides is 5. The first kappa shape index (κ1) is 53.8. The van der Waals surface area contributed by atoms with E-state index in [1.54, 1.807) is 0 Å². The molecule has 19 nitrogen and oxygen atoms in total. The van der Waals surface area contributed by atoms with Gasteiger partial charge in [0.2, 0.25) is 17.7 Å². The number of ether oxygens (including phenoxy) is 6. The molecule has 1 rings (SSSR count). The van der Waals surface area contributed by atoms with Crippen LogP contribution in [-0.2, 0) is 71.6 Å². The molecular weight excluding hydrogens is 788 g/mol. The summed E-state index contributed by atoms with van der Waals surface area (Å²) >= 11 is 0. The van der Waals surface area contributed by atoms with Crippen molar-refractivity contribution in [2.75, 3.05) is 80.2 Å². The van der Waals surface area contributed by atoms with E-state index in [1.807, 2.05) is 0 Å². The van der Waals surface area contributed by atoms with E-state index >= 15 is 0 Å². The predicted octanol–water partition coefficient (Wildman–Crippen LogP) is 2.75. The normalized spacial score (nSPS) is 12.9. The molecule has 344 valence electrons. The van der Waals surface area contributed by atoms with Crippen molar-refractivity contribution in [3.63, 3.8) is 0 Å². The summed E-state index contributed by atoms with van der Waals surface area (Å²) in [5.41, 5.74) is 0. The Kier molecular flexibility index (Phi) is 32.9. The zero-order valence-corrected chi connectivity index (χ0v) is 35.9. The summed E-state index contributed by atoms with van der Waals surface area (Å²) in [5, 5.41) is 8.46. The van der Waals surface area contributed by atoms with Gasteiger partial charge in [-0.1, -0.05) is 77.0 Å². The summed E-state index contributed by atoms with van der Waals surface area (Å²) in [6.45, 7) is 0.763. The van der Waals surface area contributed by atoms with E-state index in [2.05, 4.69) is 25.5 Å². The highest BCUT2D eigenvalue weighted by Gasteiger charge is 2.32. The molecule has 19 heteroatoms. The minimum Gasteiger partial charge on any atom is -0.469 e. The number of carbonyl (C=O) groups is 8. The molecule has 1 fully saturated rings. The number of methoxy groups -OCH3 is 2. The van der Waals surface area contributed by atoms with E-state index in [9.17, 15) is 38.4 Å². The molecule has 3 N–H and O–H groups in total. The lowest BCUT2D eigenvalue weighted by Gasteiger charge is -2.16. The number of nitrogens with one attached hydrogen (secondary N) is 3. The second-order valence-corrected chi connectivity index (χ2v) is 14.3. The fourth-order valence-corrected chi connectivity index (χ4v) is 5.92. The Morgan fingerprint density at radius 1 is 0.517 bits per heavy atom. The monoisotopic (exact) mass is 858 g/mol. The number of carbonyl (C=O) groups excluding carboxylic acids is 8. The lowest BCUT2D eigenvalue weighted by atomic mass is 10.0. The fourth-order valence-electron chi connectivity index (χ4n) is 5.92. The van der Waals surface area contributed by atoms with Gasteiger partial charge in [0.25, 0.3) is 11.8 Å². The predicted molar refractivity (Wildman–Crippen MR) is 216 cm³/mol. The van der Waals surface area contributed by atoms with Gasteiger partial charge in [0.15, 0.2) is 0 Å². The summed E-state index contributed by atoms with van der Waals surface area (Å²) in [7, 11) is 2.67. The topological polar surface area (TPSA) is 240 Å². The van der Waals surface area contributed by atoms with Crippen LogP contribution in [0.4, 0.5) is 0 Å². The summed E-state index contributed by atoms with van der Waals surface area (Å²) in [6.07, 6.45) is 16.6. The fraction of sp³-hybridized carbons (Fsp3) is 0.805. The molecule has 0 radical (unpaired) electrons. The van der Waals surface area contributed by atoms with Crippen LogP contribution in [0.5, 0.6) is 0 Å². The lowest BCUT2D eigenvalue weighted by molar-refractivity contribution is -0.200. The Balaban J connectivity index is 1.95. The van der Waals surface area contributed by atoms with E-state index in [0.29, 0.717) is 17.9 Å². The van der Waals surface area contributed by atoms with Crippen molar-refractivity contribution in [2.45, 2.75) is 134 Å². The molecule has 0 aromatic heterocycles. The first-order valence-electron chi connectivity index (χ1n) is 21.4. The van der Waals surface area contributed by atoms with Crippen molar-refractivity contribution >= 4 is 47.4 Å². The largest absolute Gasteiger partial charge is 0.469 e. The second kappa shape index (κ2) is 36.6. The van der Waals surface area contributed by atoms with Gasteiger partial charge in [-0.05, 0) is 19.3 Å². The van der Waals surface area contributed by atoms with Crippen LogP contribution in [0.25, 0.3) is 0 Å². The third-order valence-corrected chi connectivity index (χ3v) is 9.28. The van der Waals surface area contributed by atoms with Crippen LogP contribution in [0.1, 0.15) is 128 Å². The average Bonchev–Trinajstić information content (AvgIpc) is 3.55. The Labute approximate surface area is 354 Å². The number of esters is 2. The summed E-state index contributed by atoms with van der Waals surface area (Å²) in [5.74, 6) is -3.64. The van der Waals surface area contributed by atoms with Crippen molar-refractivity contribution < 1.29 is 71.6 Å². The number of rotatable bonds is 39. The maximum absolute atomic E-state index is 12.5. The van der Waals surface area contributed by atoms with Gasteiger partial charge in [0, 0.05) is 45.2 Å². The highest BCUT2D eigenvalue weighted by atomic mass is 16.7. The van der Waals surface area contributed by atoms with Crippen LogP contribution >= 0.6 is 0 Å².